The first-order chi connectivity index (χ1) is 9.25. The maximum Gasteiger partial charge on any atom is 0.0544 e. The zero-order valence-electron chi connectivity index (χ0n) is 12.3. The van der Waals surface area contributed by atoms with E-state index in [2.05, 4.69) is 41.2 Å². The smallest absolute Gasteiger partial charge is 0.0544 e. The van der Waals surface area contributed by atoms with Gasteiger partial charge >= 0.3 is 0 Å². The SMILES string of the molecule is CC(C)CNCC1CCCCN1Cc1ccccn1. The van der Waals surface area contributed by atoms with Crippen LogP contribution < -0.4 is 5.32 Å². The van der Waals surface area contributed by atoms with E-state index < -0.39 is 0 Å². The van der Waals surface area contributed by atoms with Crippen molar-refractivity contribution in [1.29, 1.82) is 0 Å². The average Bonchev–Trinajstić information content (AvgIpc) is 2.41. The molecule has 19 heavy (non-hydrogen) atoms. The maximum absolute atomic E-state index is 4.45. The summed E-state index contributed by atoms with van der Waals surface area (Å²) in [5, 5.41) is 3.61. The summed E-state index contributed by atoms with van der Waals surface area (Å²) in [7, 11) is 0. The van der Waals surface area contributed by atoms with E-state index in [1.165, 1.54) is 31.5 Å². The fraction of sp³-hybridized carbons (Fsp3) is 0.688. The molecular formula is C16H27N3. The second kappa shape index (κ2) is 7.61. The predicted octanol–water partition coefficient (Wildman–Crippen LogP) is 2.68. The molecule has 0 saturated carbocycles. The second-order valence-corrected chi connectivity index (χ2v) is 5.99. The highest BCUT2D eigenvalue weighted by Crippen LogP contribution is 2.18. The standard InChI is InChI=1S/C16H27N3/c1-14(2)11-17-12-16-8-4-6-10-19(16)13-15-7-3-5-9-18-15/h3,5,7,9,14,16-17H,4,6,8,10-13H2,1-2H3. The van der Waals surface area contributed by atoms with Gasteiger partial charge in [-0.2, -0.15) is 0 Å². The van der Waals surface area contributed by atoms with Crippen LogP contribution in [0, 0.1) is 5.92 Å². The number of likely N-dealkylation sites (tertiary alicyclic amines) is 1. The van der Waals surface area contributed by atoms with E-state index in [4.69, 9.17) is 0 Å². The fourth-order valence-electron chi connectivity index (χ4n) is 2.74. The molecule has 0 spiro atoms. The molecule has 0 aromatic carbocycles. The summed E-state index contributed by atoms with van der Waals surface area (Å²) in [4.78, 5) is 7.05. The first-order valence-electron chi connectivity index (χ1n) is 7.60. The number of piperidine rings is 1. The van der Waals surface area contributed by atoms with Crippen molar-refractivity contribution in [3.8, 4) is 0 Å². The van der Waals surface area contributed by atoms with E-state index >= 15 is 0 Å². The van der Waals surface area contributed by atoms with Gasteiger partial charge in [-0.05, 0) is 44.0 Å². The third-order valence-electron chi connectivity index (χ3n) is 3.77. The summed E-state index contributed by atoms with van der Waals surface area (Å²) >= 11 is 0. The lowest BCUT2D eigenvalue weighted by Gasteiger charge is -2.35. The number of pyridine rings is 1. The molecule has 1 aliphatic rings. The monoisotopic (exact) mass is 261 g/mol. The molecule has 2 heterocycles. The van der Waals surface area contributed by atoms with Crippen LogP contribution in [0.25, 0.3) is 0 Å². The second-order valence-electron chi connectivity index (χ2n) is 5.99. The van der Waals surface area contributed by atoms with Crippen LogP contribution in [0.3, 0.4) is 0 Å². The molecule has 1 aliphatic heterocycles. The molecule has 3 heteroatoms. The fourth-order valence-corrected chi connectivity index (χ4v) is 2.74. The van der Waals surface area contributed by atoms with Crippen molar-refractivity contribution >= 4 is 0 Å². The molecule has 0 aliphatic carbocycles. The molecule has 0 radical (unpaired) electrons. The molecule has 1 fully saturated rings. The Hall–Kier alpha value is -0.930. The lowest BCUT2D eigenvalue weighted by Crippen LogP contribution is -2.45. The van der Waals surface area contributed by atoms with Crippen LogP contribution in [0.5, 0.6) is 0 Å². The van der Waals surface area contributed by atoms with Crippen LogP contribution in [0.15, 0.2) is 24.4 Å². The molecule has 1 N–H and O–H groups in total. The largest absolute Gasteiger partial charge is 0.315 e. The van der Waals surface area contributed by atoms with E-state index in [-0.39, 0.29) is 0 Å². The quantitative estimate of drug-likeness (QED) is 0.853. The molecule has 1 saturated heterocycles. The Bertz CT molecular complexity index is 350. The van der Waals surface area contributed by atoms with Crippen LogP contribution in [-0.4, -0.2) is 35.6 Å². The van der Waals surface area contributed by atoms with E-state index in [0.29, 0.717) is 6.04 Å². The molecule has 0 amide bonds. The molecule has 2 rings (SSSR count). The van der Waals surface area contributed by atoms with Gasteiger partial charge in [-0.25, -0.2) is 0 Å². The number of aromatic nitrogens is 1. The molecule has 106 valence electrons. The van der Waals surface area contributed by atoms with Gasteiger partial charge in [-0.1, -0.05) is 26.3 Å². The number of hydrogen-bond donors (Lipinski definition) is 1. The average molecular weight is 261 g/mol. The first-order valence-corrected chi connectivity index (χ1v) is 7.60. The summed E-state index contributed by atoms with van der Waals surface area (Å²) in [6.07, 6.45) is 5.91. The van der Waals surface area contributed by atoms with Crippen LogP contribution in [0.4, 0.5) is 0 Å². The van der Waals surface area contributed by atoms with Gasteiger partial charge < -0.3 is 5.32 Å². The van der Waals surface area contributed by atoms with Crippen molar-refractivity contribution in [1.82, 2.24) is 15.2 Å². The molecule has 0 bridgehead atoms. The number of nitrogens with one attached hydrogen (secondary N) is 1. The third kappa shape index (κ3) is 4.92. The Morgan fingerprint density at radius 2 is 2.26 bits per heavy atom. The highest BCUT2D eigenvalue weighted by Gasteiger charge is 2.22. The number of nitrogens with zero attached hydrogens (tertiary/aromatic N) is 2. The van der Waals surface area contributed by atoms with Crippen molar-refractivity contribution in [3.05, 3.63) is 30.1 Å². The van der Waals surface area contributed by atoms with Gasteiger partial charge in [0.1, 0.15) is 0 Å². The molecule has 3 nitrogen and oxygen atoms in total. The maximum atomic E-state index is 4.45. The zero-order chi connectivity index (χ0) is 13.5. The minimum absolute atomic E-state index is 0.675. The highest BCUT2D eigenvalue weighted by atomic mass is 15.2. The van der Waals surface area contributed by atoms with Crippen molar-refractivity contribution < 1.29 is 0 Å². The topological polar surface area (TPSA) is 28.2 Å². The summed E-state index contributed by atoms with van der Waals surface area (Å²) in [5.41, 5.74) is 1.19. The Morgan fingerprint density at radius 3 is 3.00 bits per heavy atom. The Kier molecular flexibility index (Phi) is 5.80. The van der Waals surface area contributed by atoms with Gasteiger partial charge in [0.05, 0.1) is 5.69 Å². The molecule has 1 aromatic rings. The van der Waals surface area contributed by atoms with Crippen LogP contribution in [-0.2, 0) is 6.54 Å². The van der Waals surface area contributed by atoms with Crippen molar-refractivity contribution in [2.24, 2.45) is 5.92 Å². The minimum Gasteiger partial charge on any atom is -0.315 e. The molecule has 1 unspecified atom stereocenters. The normalized spacial score (nSPS) is 20.9. The van der Waals surface area contributed by atoms with Gasteiger partial charge in [0.25, 0.3) is 0 Å². The lowest BCUT2D eigenvalue weighted by molar-refractivity contribution is 0.135. The summed E-state index contributed by atoms with van der Waals surface area (Å²) in [6.45, 7) is 8.97. The van der Waals surface area contributed by atoms with Gasteiger partial charge in [0.15, 0.2) is 0 Å². The van der Waals surface area contributed by atoms with E-state index in [1.54, 1.807) is 0 Å². The Morgan fingerprint density at radius 1 is 1.37 bits per heavy atom. The van der Waals surface area contributed by atoms with Crippen LogP contribution in [0.1, 0.15) is 38.8 Å². The van der Waals surface area contributed by atoms with E-state index in [1.807, 2.05) is 12.3 Å². The zero-order valence-corrected chi connectivity index (χ0v) is 12.3. The molecule has 1 atom stereocenters. The summed E-state index contributed by atoms with van der Waals surface area (Å²) < 4.78 is 0. The summed E-state index contributed by atoms with van der Waals surface area (Å²) in [6, 6.07) is 6.88. The summed E-state index contributed by atoms with van der Waals surface area (Å²) in [5.74, 6) is 0.729. The minimum atomic E-state index is 0.675. The van der Waals surface area contributed by atoms with Gasteiger partial charge in [-0.15, -0.1) is 0 Å². The number of rotatable bonds is 6. The molecular weight excluding hydrogens is 234 g/mol. The van der Waals surface area contributed by atoms with Gasteiger partial charge in [0, 0.05) is 25.3 Å². The van der Waals surface area contributed by atoms with Gasteiger partial charge in [0.2, 0.25) is 0 Å². The first kappa shape index (κ1) is 14.5. The van der Waals surface area contributed by atoms with Crippen molar-refractivity contribution in [3.63, 3.8) is 0 Å². The van der Waals surface area contributed by atoms with Crippen LogP contribution in [0.2, 0.25) is 0 Å². The number of hydrogen-bond acceptors (Lipinski definition) is 3. The van der Waals surface area contributed by atoms with Crippen molar-refractivity contribution in [2.45, 2.75) is 45.7 Å². The van der Waals surface area contributed by atoms with Crippen LogP contribution >= 0.6 is 0 Å². The van der Waals surface area contributed by atoms with Crippen molar-refractivity contribution in [2.75, 3.05) is 19.6 Å². The third-order valence-corrected chi connectivity index (χ3v) is 3.77. The Labute approximate surface area is 117 Å². The predicted molar refractivity (Wildman–Crippen MR) is 80.0 cm³/mol. The molecule has 1 aromatic heterocycles. The van der Waals surface area contributed by atoms with E-state index in [0.717, 1.165) is 25.6 Å². The van der Waals surface area contributed by atoms with E-state index in [9.17, 15) is 0 Å². The van der Waals surface area contributed by atoms with Gasteiger partial charge in [-0.3, -0.25) is 9.88 Å². The Balaban J connectivity index is 1.85. The highest BCUT2D eigenvalue weighted by molar-refractivity contribution is 5.03. The lowest BCUT2D eigenvalue weighted by atomic mass is 10.0.